The maximum atomic E-state index is 12.9. The predicted molar refractivity (Wildman–Crippen MR) is 140 cm³/mol. The lowest BCUT2D eigenvalue weighted by Gasteiger charge is -2.12. The highest BCUT2D eigenvalue weighted by molar-refractivity contribution is 7.99. The number of aromatic nitrogens is 3. The zero-order valence-electron chi connectivity index (χ0n) is 19.7. The van der Waals surface area contributed by atoms with E-state index in [0.29, 0.717) is 35.1 Å². The van der Waals surface area contributed by atoms with Gasteiger partial charge in [0, 0.05) is 18.7 Å². The number of carbonyl (C=O) groups is 2. The molecule has 1 heterocycles. The number of hydrogen-bond donors (Lipinski definition) is 2. The smallest absolute Gasteiger partial charge is 0.257 e. The summed E-state index contributed by atoms with van der Waals surface area (Å²) in [6, 6.07) is 24.6. The van der Waals surface area contributed by atoms with Gasteiger partial charge in [0.2, 0.25) is 5.91 Å². The summed E-state index contributed by atoms with van der Waals surface area (Å²) in [4.78, 5) is 25.6. The maximum Gasteiger partial charge on any atom is 0.257 e. The van der Waals surface area contributed by atoms with Crippen molar-refractivity contribution in [3.63, 3.8) is 0 Å². The Kier molecular flexibility index (Phi) is 7.95. The molecule has 0 atom stereocenters. The van der Waals surface area contributed by atoms with E-state index in [1.54, 1.807) is 24.3 Å². The third-order valence-corrected chi connectivity index (χ3v) is 6.34. The number of hydrogen-bond acceptors (Lipinski definition) is 5. The highest BCUT2D eigenvalue weighted by Crippen LogP contribution is 2.21. The van der Waals surface area contributed by atoms with Gasteiger partial charge in [-0.15, -0.1) is 10.2 Å². The molecule has 4 rings (SSSR count). The minimum Gasteiger partial charge on any atom is -0.325 e. The second-order valence-corrected chi connectivity index (χ2v) is 8.95. The van der Waals surface area contributed by atoms with Crippen LogP contribution in [-0.4, -0.2) is 32.3 Å². The summed E-state index contributed by atoms with van der Waals surface area (Å²) >= 11 is 1.33. The van der Waals surface area contributed by atoms with Crippen molar-refractivity contribution in [3.8, 4) is 0 Å². The second-order valence-electron chi connectivity index (χ2n) is 8.01. The standard InChI is InChI=1S/C27H27N5O2S/c1-3-32-24(17-20-11-5-4-6-12-20)30-31-27(32)35-18-25(33)29-23-15-8-7-14-22(23)26(34)28-21-13-9-10-19(2)16-21/h4-16H,3,17-18H2,1-2H3,(H,28,34)(H,29,33). The average molecular weight is 486 g/mol. The van der Waals surface area contributed by atoms with Gasteiger partial charge in [-0.3, -0.25) is 9.59 Å². The molecule has 35 heavy (non-hydrogen) atoms. The van der Waals surface area contributed by atoms with Crippen molar-refractivity contribution in [1.82, 2.24) is 14.8 Å². The quantitative estimate of drug-likeness (QED) is 0.319. The van der Waals surface area contributed by atoms with Crippen LogP contribution < -0.4 is 10.6 Å². The van der Waals surface area contributed by atoms with Crippen LogP contribution in [0.25, 0.3) is 0 Å². The van der Waals surface area contributed by atoms with E-state index in [0.717, 1.165) is 17.0 Å². The van der Waals surface area contributed by atoms with Crippen molar-refractivity contribution in [3.05, 3.63) is 101 Å². The van der Waals surface area contributed by atoms with Crippen LogP contribution in [0, 0.1) is 6.92 Å². The predicted octanol–water partition coefficient (Wildman–Crippen LogP) is 5.18. The molecule has 7 nitrogen and oxygen atoms in total. The molecule has 0 unspecified atom stereocenters. The zero-order valence-corrected chi connectivity index (χ0v) is 20.5. The van der Waals surface area contributed by atoms with Crippen LogP contribution in [0.5, 0.6) is 0 Å². The van der Waals surface area contributed by atoms with Crippen LogP contribution >= 0.6 is 11.8 Å². The molecule has 3 aromatic carbocycles. The lowest BCUT2D eigenvalue weighted by atomic mass is 10.1. The van der Waals surface area contributed by atoms with Crippen molar-refractivity contribution >= 4 is 35.0 Å². The number of thioether (sulfide) groups is 1. The van der Waals surface area contributed by atoms with Crippen LogP contribution in [0.1, 0.15) is 34.2 Å². The van der Waals surface area contributed by atoms with Crippen LogP contribution in [0.4, 0.5) is 11.4 Å². The summed E-state index contributed by atoms with van der Waals surface area (Å²) in [7, 11) is 0. The lowest BCUT2D eigenvalue weighted by Crippen LogP contribution is -2.19. The number of carbonyl (C=O) groups excluding carboxylic acids is 2. The van der Waals surface area contributed by atoms with Gasteiger partial charge in [-0.05, 0) is 49.2 Å². The third-order valence-electron chi connectivity index (χ3n) is 5.37. The number of rotatable bonds is 9. The molecule has 0 saturated heterocycles. The summed E-state index contributed by atoms with van der Waals surface area (Å²) in [5.74, 6) is 0.508. The number of benzene rings is 3. The van der Waals surface area contributed by atoms with E-state index in [1.165, 1.54) is 11.8 Å². The first-order valence-corrected chi connectivity index (χ1v) is 12.4. The van der Waals surface area contributed by atoms with Gasteiger partial charge < -0.3 is 15.2 Å². The average Bonchev–Trinajstić information content (AvgIpc) is 3.25. The van der Waals surface area contributed by atoms with Gasteiger partial charge in [0.25, 0.3) is 5.91 Å². The number of nitrogens with zero attached hydrogens (tertiary/aromatic N) is 3. The van der Waals surface area contributed by atoms with Crippen molar-refractivity contribution in [1.29, 1.82) is 0 Å². The molecular formula is C27H27N5O2S. The Morgan fingerprint density at radius 3 is 2.46 bits per heavy atom. The number of nitrogens with one attached hydrogen (secondary N) is 2. The Hall–Kier alpha value is -3.91. The Morgan fingerprint density at radius 2 is 1.69 bits per heavy atom. The molecule has 2 amide bonds. The van der Waals surface area contributed by atoms with E-state index in [9.17, 15) is 9.59 Å². The Morgan fingerprint density at radius 1 is 0.914 bits per heavy atom. The monoisotopic (exact) mass is 485 g/mol. The van der Waals surface area contributed by atoms with Gasteiger partial charge >= 0.3 is 0 Å². The molecule has 0 bridgehead atoms. The zero-order chi connectivity index (χ0) is 24.6. The number of anilines is 2. The molecule has 0 radical (unpaired) electrons. The molecule has 1 aromatic heterocycles. The first-order chi connectivity index (χ1) is 17.0. The topological polar surface area (TPSA) is 88.9 Å². The number of aryl methyl sites for hydroxylation is 1. The Balaban J connectivity index is 1.39. The summed E-state index contributed by atoms with van der Waals surface area (Å²) < 4.78 is 2.02. The van der Waals surface area contributed by atoms with Crippen molar-refractivity contribution in [2.45, 2.75) is 32.0 Å². The Labute approximate surface area is 209 Å². The highest BCUT2D eigenvalue weighted by Gasteiger charge is 2.16. The summed E-state index contributed by atoms with van der Waals surface area (Å²) in [5.41, 5.74) is 3.77. The molecule has 0 spiro atoms. The fourth-order valence-electron chi connectivity index (χ4n) is 3.68. The maximum absolute atomic E-state index is 12.9. The minimum absolute atomic E-state index is 0.150. The SMILES string of the molecule is CCn1c(Cc2ccccc2)nnc1SCC(=O)Nc1ccccc1C(=O)Nc1cccc(C)c1. The van der Waals surface area contributed by atoms with Gasteiger partial charge in [-0.1, -0.05) is 66.4 Å². The minimum atomic E-state index is -0.282. The molecule has 178 valence electrons. The van der Waals surface area contributed by atoms with E-state index < -0.39 is 0 Å². The van der Waals surface area contributed by atoms with E-state index in [-0.39, 0.29) is 17.6 Å². The molecule has 4 aromatic rings. The fourth-order valence-corrected chi connectivity index (χ4v) is 4.50. The van der Waals surface area contributed by atoms with Crippen LogP contribution in [0.2, 0.25) is 0 Å². The van der Waals surface area contributed by atoms with E-state index in [1.807, 2.05) is 60.9 Å². The molecule has 0 aliphatic heterocycles. The Bertz CT molecular complexity index is 1320. The largest absolute Gasteiger partial charge is 0.325 e. The van der Waals surface area contributed by atoms with E-state index in [2.05, 4.69) is 33.0 Å². The van der Waals surface area contributed by atoms with E-state index >= 15 is 0 Å². The van der Waals surface area contributed by atoms with Crippen molar-refractivity contribution in [2.24, 2.45) is 0 Å². The lowest BCUT2D eigenvalue weighted by molar-refractivity contribution is -0.113. The molecule has 8 heteroatoms. The van der Waals surface area contributed by atoms with Gasteiger partial charge in [0.1, 0.15) is 5.82 Å². The molecule has 0 aliphatic rings. The normalized spacial score (nSPS) is 10.7. The summed E-state index contributed by atoms with van der Waals surface area (Å²) in [6.07, 6.45) is 0.678. The molecular weight excluding hydrogens is 458 g/mol. The molecule has 0 fully saturated rings. The van der Waals surface area contributed by atoms with E-state index in [4.69, 9.17) is 0 Å². The number of amides is 2. The molecule has 0 aliphatic carbocycles. The first kappa shape index (κ1) is 24.2. The van der Waals surface area contributed by atoms with Gasteiger partial charge in [0.05, 0.1) is 17.0 Å². The number of para-hydroxylation sites is 1. The third kappa shape index (κ3) is 6.36. The van der Waals surface area contributed by atoms with Crippen LogP contribution in [0.15, 0.2) is 84.0 Å². The van der Waals surface area contributed by atoms with Crippen molar-refractivity contribution < 1.29 is 9.59 Å². The van der Waals surface area contributed by atoms with Gasteiger partial charge in [0.15, 0.2) is 5.16 Å². The van der Waals surface area contributed by atoms with Crippen LogP contribution in [-0.2, 0) is 17.8 Å². The highest BCUT2D eigenvalue weighted by atomic mass is 32.2. The summed E-state index contributed by atoms with van der Waals surface area (Å²) in [6.45, 7) is 4.71. The van der Waals surface area contributed by atoms with Crippen molar-refractivity contribution in [2.75, 3.05) is 16.4 Å². The fraction of sp³-hybridized carbons (Fsp3) is 0.185. The van der Waals surface area contributed by atoms with Gasteiger partial charge in [-0.25, -0.2) is 0 Å². The van der Waals surface area contributed by atoms with Gasteiger partial charge in [-0.2, -0.15) is 0 Å². The van der Waals surface area contributed by atoms with Crippen LogP contribution in [0.3, 0.4) is 0 Å². The second kappa shape index (κ2) is 11.5. The molecule has 2 N–H and O–H groups in total. The summed E-state index contributed by atoms with van der Waals surface area (Å²) in [5, 5.41) is 15.1. The first-order valence-electron chi connectivity index (χ1n) is 11.4. The molecule has 0 saturated carbocycles.